The van der Waals surface area contributed by atoms with E-state index < -0.39 is 0 Å². The van der Waals surface area contributed by atoms with Crippen molar-refractivity contribution in [2.24, 2.45) is 0 Å². The number of para-hydroxylation sites is 1. The minimum atomic E-state index is 0.0353. The maximum absolute atomic E-state index is 11.9. The van der Waals surface area contributed by atoms with E-state index in [1.54, 1.807) is 10.8 Å². The van der Waals surface area contributed by atoms with Gasteiger partial charge in [0.05, 0.1) is 22.5 Å². The molecular formula is C13H9N2OS. The molecule has 83 valence electrons. The van der Waals surface area contributed by atoms with Crippen LogP contribution in [0.3, 0.4) is 0 Å². The van der Waals surface area contributed by atoms with Crippen molar-refractivity contribution in [1.29, 1.82) is 0 Å². The zero-order chi connectivity index (χ0) is 11.7. The Balaban J connectivity index is 2.12. The highest BCUT2D eigenvalue weighted by Crippen LogP contribution is 2.16. The molecule has 3 rings (SSSR count). The fraction of sp³-hybridized carbons (Fsp3) is 0.0769. The lowest BCUT2D eigenvalue weighted by molar-refractivity contribution is 0.789. The Morgan fingerprint density at radius 1 is 1.29 bits per heavy atom. The van der Waals surface area contributed by atoms with Crippen molar-refractivity contribution in [3.05, 3.63) is 64.0 Å². The molecule has 3 aromatic rings. The molecule has 1 radical (unpaired) electrons. The van der Waals surface area contributed by atoms with Crippen molar-refractivity contribution in [2.75, 3.05) is 0 Å². The second-order valence-corrected chi connectivity index (χ2v) is 4.65. The maximum atomic E-state index is 11.9. The average molecular weight is 241 g/mol. The molecule has 17 heavy (non-hydrogen) atoms. The average Bonchev–Trinajstić information content (AvgIpc) is 2.68. The first-order valence-electron chi connectivity index (χ1n) is 5.24. The molecule has 0 fully saturated rings. The number of hydrogen-bond donors (Lipinski definition) is 0. The van der Waals surface area contributed by atoms with E-state index in [-0.39, 0.29) is 4.87 Å². The number of nitrogens with zero attached hydrogens (tertiary/aromatic N) is 2. The topological polar surface area (TPSA) is 34.9 Å². The van der Waals surface area contributed by atoms with Crippen LogP contribution in [-0.2, 0) is 6.54 Å². The van der Waals surface area contributed by atoms with Gasteiger partial charge in [-0.05, 0) is 18.2 Å². The lowest BCUT2D eigenvalue weighted by Crippen LogP contribution is -2.14. The van der Waals surface area contributed by atoms with Gasteiger partial charge >= 0.3 is 4.87 Å². The van der Waals surface area contributed by atoms with Crippen molar-refractivity contribution in [3.8, 4) is 0 Å². The number of rotatable bonds is 2. The molecule has 0 aliphatic rings. The van der Waals surface area contributed by atoms with Crippen molar-refractivity contribution in [3.63, 3.8) is 0 Å². The van der Waals surface area contributed by atoms with Gasteiger partial charge in [-0.25, -0.2) is 0 Å². The number of aromatic nitrogens is 2. The van der Waals surface area contributed by atoms with Crippen LogP contribution in [0.4, 0.5) is 0 Å². The summed E-state index contributed by atoms with van der Waals surface area (Å²) in [5.41, 5.74) is 1.74. The van der Waals surface area contributed by atoms with Gasteiger partial charge in [0, 0.05) is 12.3 Å². The van der Waals surface area contributed by atoms with Crippen LogP contribution in [0.1, 0.15) is 5.69 Å². The van der Waals surface area contributed by atoms with E-state index in [1.165, 1.54) is 11.3 Å². The molecule has 0 unspecified atom stereocenters. The van der Waals surface area contributed by atoms with E-state index in [0.29, 0.717) is 6.54 Å². The third kappa shape index (κ3) is 1.87. The molecule has 2 heterocycles. The van der Waals surface area contributed by atoms with Crippen LogP contribution < -0.4 is 4.87 Å². The molecular weight excluding hydrogens is 232 g/mol. The van der Waals surface area contributed by atoms with Crippen molar-refractivity contribution < 1.29 is 0 Å². The quantitative estimate of drug-likeness (QED) is 0.690. The second kappa shape index (κ2) is 4.14. The summed E-state index contributed by atoms with van der Waals surface area (Å²) in [6, 6.07) is 14.5. The van der Waals surface area contributed by atoms with Crippen molar-refractivity contribution in [2.45, 2.75) is 6.54 Å². The van der Waals surface area contributed by atoms with E-state index in [4.69, 9.17) is 0 Å². The SMILES string of the molecule is O=c1sc2ccc[c]c2n1Cc1ccccn1. The molecule has 0 spiro atoms. The van der Waals surface area contributed by atoms with Gasteiger partial charge < -0.3 is 0 Å². The predicted molar refractivity (Wildman–Crippen MR) is 68.3 cm³/mol. The lowest BCUT2D eigenvalue weighted by Gasteiger charge is -2.02. The Kier molecular flexibility index (Phi) is 2.49. The molecule has 2 aromatic heterocycles. The zero-order valence-electron chi connectivity index (χ0n) is 8.96. The van der Waals surface area contributed by atoms with Gasteiger partial charge in [0.15, 0.2) is 0 Å². The van der Waals surface area contributed by atoms with Gasteiger partial charge in [0.2, 0.25) is 0 Å². The first kappa shape index (κ1) is 10.2. The van der Waals surface area contributed by atoms with E-state index in [1.807, 2.05) is 36.4 Å². The number of benzene rings is 1. The summed E-state index contributed by atoms with van der Waals surface area (Å²) in [4.78, 5) is 16.1. The summed E-state index contributed by atoms with van der Waals surface area (Å²) in [6.07, 6.45) is 1.73. The van der Waals surface area contributed by atoms with Gasteiger partial charge in [0.25, 0.3) is 0 Å². The maximum Gasteiger partial charge on any atom is 0.308 e. The summed E-state index contributed by atoms with van der Waals surface area (Å²) >= 11 is 1.25. The highest BCUT2D eigenvalue weighted by molar-refractivity contribution is 7.16. The minimum Gasteiger partial charge on any atom is -0.292 e. The highest BCUT2D eigenvalue weighted by Gasteiger charge is 2.07. The van der Waals surface area contributed by atoms with Gasteiger partial charge in [-0.15, -0.1) is 0 Å². The van der Waals surface area contributed by atoms with Crippen LogP contribution >= 0.6 is 11.3 Å². The number of pyridine rings is 1. The summed E-state index contributed by atoms with van der Waals surface area (Å²) in [5.74, 6) is 0. The summed E-state index contributed by atoms with van der Waals surface area (Å²) < 4.78 is 2.68. The number of fused-ring (bicyclic) bond motifs is 1. The van der Waals surface area contributed by atoms with Crippen LogP contribution in [0.5, 0.6) is 0 Å². The fourth-order valence-corrected chi connectivity index (χ4v) is 2.61. The van der Waals surface area contributed by atoms with E-state index in [0.717, 1.165) is 15.9 Å². The smallest absolute Gasteiger partial charge is 0.292 e. The van der Waals surface area contributed by atoms with Gasteiger partial charge in [0.1, 0.15) is 0 Å². The monoisotopic (exact) mass is 241 g/mol. The standard InChI is InChI=1S/C13H9N2OS/c16-13-15(9-10-5-3-4-8-14-10)11-6-1-2-7-12(11)17-13/h1-5,7-8H,9H2. The summed E-state index contributed by atoms with van der Waals surface area (Å²) in [5, 5.41) is 0. The molecule has 0 atom stereocenters. The summed E-state index contributed by atoms with van der Waals surface area (Å²) in [6.45, 7) is 0.500. The molecule has 0 saturated carbocycles. The molecule has 4 heteroatoms. The molecule has 0 amide bonds. The number of hydrogen-bond acceptors (Lipinski definition) is 3. The highest BCUT2D eigenvalue weighted by atomic mass is 32.1. The lowest BCUT2D eigenvalue weighted by atomic mass is 10.3. The Hall–Kier alpha value is -1.94. The van der Waals surface area contributed by atoms with E-state index in [2.05, 4.69) is 11.1 Å². The van der Waals surface area contributed by atoms with Crippen LogP contribution in [0, 0.1) is 6.07 Å². The van der Waals surface area contributed by atoms with E-state index >= 15 is 0 Å². The Morgan fingerprint density at radius 3 is 3.06 bits per heavy atom. The first-order valence-corrected chi connectivity index (χ1v) is 6.06. The van der Waals surface area contributed by atoms with Crippen LogP contribution in [0.2, 0.25) is 0 Å². The van der Waals surface area contributed by atoms with Crippen LogP contribution in [0.15, 0.2) is 47.4 Å². The Bertz CT molecular complexity index is 700. The molecule has 1 aromatic carbocycles. The van der Waals surface area contributed by atoms with Crippen LogP contribution in [0.25, 0.3) is 10.2 Å². The molecule has 0 aliphatic carbocycles. The van der Waals surface area contributed by atoms with Crippen LogP contribution in [-0.4, -0.2) is 9.55 Å². The van der Waals surface area contributed by atoms with Crippen molar-refractivity contribution >= 4 is 21.6 Å². The number of thiazole rings is 1. The molecule has 3 nitrogen and oxygen atoms in total. The largest absolute Gasteiger partial charge is 0.308 e. The fourth-order valence-electron chi connectivity index (χ4n) is 1.74. The minimum absolute atomic E-state index is 0.0353. The zero-order valence-corrected chi connectivity index (χ0v) is 9.78. The third-order valence-corrected chi connectivity index (χ3v) is 3.48. The summed E-state index contributed by atoms with van der Waals surface area (Å²) in [7, 11) is 0. The Morgan fingerprint density at radius 2 is 2.24 bits per heavy atom. The molecule has 0 N–H and O–H groups in total. The second-order valence-electron chi connectivity index (χ2n) is 3.66. The third-order valence-electron chi connectivity index (χ3n) is 2.53. The van der Waals surface area contributed by atoms with Gasteiger partial charge in [-0.1, -0.05) is 29.5 Å². The predicted octanol–water partition coefficient (Wildman–Crippen LogP) is 2.31. The molecule has 0 saturated heterocycles. The molecule has 0 bridgehead atoms. The van der Waals surface area contributed by atoms with Gasteiger partial charge in [-0.2, -0.15) is 0 Å². The van der Waals surface area contributed by atoms with Gasteiger partial charge in [-0.3, -0.25) is 14.3 Å². The normalized spacial score (nSPS) is 10.8. The molecule has 0 aliphatic heterocycles. The van der Waals surface area contributed by atoms with E-state index in [9.17, 15) is 4.79 Å². The Labute approximate surface area is 102 Å². The van der Waals surface area contributed by atoms with Crippen molar-refractivity contribution in [1.82, 2.24) is 9.55 Å². The first-order chi connectivity index (χ1) is 8.34.